The molecule has 0 fully saturated rings. The first kappa shape index (κ1) is 13.5. The monoisotopic (exact) mass is 277 g/mol. The molecule has 2 heterocycles. The van der Waals surface area contributed by atoms with Gasteiger partial charge in [0.1, 0.15) is 17.0 Å². The average Bonchev–Trinajstić information content (AvgIpc) is 2.34. The molecule has 0 saturated heterocycles. The van der Waals surface area contributed by atoms with Crippen molar-refractivity contribution in [1.29, 1.82) is 0 Å². The minimum absolute atomic E-state index is 0.00488. The fourth-order valence-electron chi connectivity index (χ4n) is 1.32. The third kappa shape index (κ3) is 3.54. The highest BCUT2D eigenvalue weighted by molar-refractivity contribution is 7.99. The quantitative estimate of drug-likeness (QED) is 0.676. The van der Waals surface area contributed by atoms with Crippen LogP contribution in [0, 0.1) is 6.92 Å². The second-order valence-corrected chi connectivity index (χ2v) is 5.10. The van der Waals surface area contributed by atoms with E-state index in [0.29, 0.717) is 21.7 Å². The molecule has 0 unspecified atom stereocenters. The molecule has 2 aromatic heterocycles. The summed E-state index contributed by atoms with van der Waals surface area (Å²) in [5.74, 6) is 0.389. The van der Waals surface area contributed by atoms with Crippen LogP contribution in [0.25, 0.3) is 0 Å². The van der Waals surface area contributed by atoms with Crippen molar-refractivity contribution >= 4 is 17.4 Å². The first-order valence-corrected chi connectivity index (χ1v) is 6.62. The van der Waals surface area contributed by atoms with Crippen molar-refractivity contribution < 1.29 is 4.74 Å². The molecule has 7 heteroatoms. The lowest BCUT2D eigenvalue weighted by molar-refractivity contribution is 0.233. The molecule has 0 spiro atoms. The van der Waals surface area contributed by atoms with Gasteiger partial charge in [0.05, 0.1) is 6.10 Å². The highest BCUT2D eigenvalue weighted by atomic mass is 32.2. The molecule has 0 aliphatic heterocycles. The maximum atomic E-state index is 5.99. The van der Waals surface area contributed by atoms with Crippen molar-refractivity contribution in [3.05, 3.63) is 24.3 Å². The topological polar surface area (TPSA) is 86.8 Å². The van der Waals surface area contributed by atoms with Crippen LogP contribution in [0.4, 0.5) is 5.69 Å². The summed E-state index contributed by atoms with van der Waals surface area (Å²) in [5, 5.41) is 1.19. The Morgan fingerprint density at radius 2 is 2.05 bits per heavy atom. The summed E-state index contributed by atoms with van der Waals surface area (Å²) in [6.07, 6.45) is 3.13. The van der Waals surface area contributed by atoms with Gasteiger partial charge in [0.15, 0.2) is 5.16 Å². The van der Waals surface area contributed by atoms with E-state index in [9.17, 15) is 0 Å². The lowest BCUT2D eigenvalue weighted by atomic mass is 10.4. The Kier molecular flexibility index (Phi) is 4.16. The molecule has 0 aromatic carbocycles. The van der Waals surface area contributed by atoms with Gasteiger partial charge in [0, 0.05) is 11.9 Å². The van der Waals surface area contributed by atoms with Crippen LogP contribution in [-0.4, -0.2) is 26.0 Å². The first-order chi connectivity index (χ1) is 9.06. The van der Waals surface area contributed by atoms with Crippen molar-refractivity contribution in [2.24, 2.45) is 0 Å². The van der Waals surface area contributed by atoms with Gasteiger partial charge in [-0.25, -0.2) is 15.0 Å². The molecule has 2 N–H and O–H groups in total. The van der Waals surface area contributed by atoms with Crippen molar-refractivity contribution in [3.8, 4) is 5.88 Å². The third-order valence-electron chi connectivity index (χ3n) is 2.12. The molecule has 6 nitrogen and oxygen atoms in total. The predicted molar refractivity (Wildman–Crippen MR) is 73.1 cm³/mol. The van der Waals surface area contributed by atoms with Gasteiger partial charge in [-0.3, -0.25) is 0 Å². The van der Waals surface area contributed by atoms with Crippen LogP contribution in [0.15, 0.2) is 28.8 Å². The van der Waals surface area contributed by atoms with Crippen molar-refractivity contribution in [3.63, 3.8) is 0 Å². The largest absolute Gasteiger partial charge is 0.473 e. The Morgan fingerprint density at radius 1 is 1.26 bits per heavy atom. The van der Waals surface area contributed by atoms with E-state index in [2.05, 4.69) is 19.9 Å². The molecule has 0 aliphatic rings. The molecule has 0 radical (unpaired) electrons. The van der Waals surface area contributed by atoms with Crippen LogP contribution >= 0.6 is 11.8 Å². The van der Waals surface area contributed by atoms with Crippen LogP contribution in [0.2, 0.25) is 0 Å². The van der Waals surface area contributed by atoms with E-state index < -0.39 is 0 Å². The number of rotatable bonds is 4. The SMILES string of the molecule is Cc1ccnc(Sc2ncnc(OC(C)C)c2N)n1. The molecule has 0 bridgehead atoms. The minimum atomic E-state index is 0.00488. The Morgan fingerprint density at radius 3 is 2.74 bits per heavy atom. The lowest BCUT2D eigenvalue weighted by Gasteiger charge is -2.11. The van der Waals surface area contributed by atoms with Crippen molar-refractivity contribution in [1.82, 2.24) is 19.9 Å². The second kappa shape index (κ2) is 5.83. The molecule has 0 saturated carbocycles. The van der Waals surface area contributed by atoms with Crippen LogP contribution in [0.3, 0.4) is 0 Å². The van der Waals surface area contributed by atoms with Crippen LogP contribution in [-0.2, 0) is 0 Å². The van der Waals surface area contributed by atoms with E-state index in [1.807, 2.05) is 26.8 Å². The van der Waals surface area contributed by atoms with Gasteiger partial charge < -0.3 is 10.5 Å². The third-order valence-corrected chi connectivity index (χ3v) is 3.02. The number of nitrogens with two attached hydrogens (primary N) is 1. The summed E-state index contributed by atoms with van der Waals surface area (Å²) < 4.78 is 5.52. The summed E-state index contributed by atoms with van der Waals surface area (Å²) in [5.41, 5.74) is 7.29. The summed E-state index contributed by atoms with van der Waals surface area (Å²) in [6, 6.07) is 1.83. The Bertz CT molecular complexity index is 576. The molecule has 100 valence electrons. The number of aromatic nitrogens is 4. The zero-order valence-corrected chi connectivity index (χ0v) is 11.8. The molecule has 0 atom stereocenters. The van der Waals surface area contributed by atoms with E-state index >= 15 is 0 Å². The van der Waals surface area contributed by atoms with E-state index in [4.69, 9.17) is 10.5 Å². The smallest absolute Gasteiger partial charge is 0.241 e. The van der Waals surface area contributed by atoms with Gasteiger partial charge in [0.2, 0.25) is 5.88 Å². The summed E-state index contributed by atoms with van der Waals surface area (Å²) in [7, 11) is 0. The molecule has 2 rings (SSSR count). The van der Waals surface area contributed by atoms with Gasteiger partial charge in [-0.15, -0.1) is 0 Å². The number of nitrogens with zero attached hydrogens (tertiary/aromatic N) is 4. The molecule has 0 amide bonds. The number of hydrogen-bond donors (Lipinski definition) is 1. The molecule has 2 aromatic rings. The Labute approximate surface area is 115 Å². The fraction of sp³-hybridized carbons (Fsp3) is 0.333. The van der Waals surface area contributed by atoms with Gasteiger partial charge in [-0.2, -0.15) is 4.98 Å². The van der Waals surface area contributed by atoms with E-state index in [1.54, 1.807) is 6.20 Å². The Balaban J connectivity index is 2.25. The second-order valence-electron chi connectivity index (χ2n) is 4.15. The molecule has 0 aliphatic carbocycles. The first-order valence-electron chi connectivity index (χ1n) is 5.81. The van der Waals surface area contributed by atoms with E-state index in [-0.39, 0.29) is 6.10 Å². The van der Waals surface area contributed by atoms with Gasteiger partial charge >= 0.3 is 0 Å². The minimum Gasteiger partial charge on any atom is -0.473 e. The fourth-order valence-corrected chi connectivity index (χ4v) is 2.10. The molecule has 19 heavy (non-hydrogen) atoms. The van der Waals surface area contributed by atoms with Crippen LogP contribution in [0.1, 0.15) is 19.5 Å². The summed E-state index contributed by atoms with van der Waals surface area (Å²) in [6.45, 7) is 5.73. The molecular formula is C12H15N5OS. The van der Waals surface area contributed by atoms with E-state index in [1.165, 1.54) is 18.1 Å². The highest BCUT2D eigenvalue weighted by Gasteiger charge is 2.13. The summed E-state index contributed by atoms with van der Waals surface area (Å²) in [4.78, 5) is 16.6. The van der Waals surface area contributed by atoms with Gasteiger partial charge in [-0.05, 0) is 38.6 Å². The average molecular weight is 277 g/mol. The number of ether oxygens (including phenoxy) is 1. The van der Waals surface area contributed by atoms with Crippen LogP contribution in [0.5, 0.6) is 5.88 Å². The number of hydrogen-bond acceptors (Lipinski definition) is 7. The Hall–Kier alpha value is -1.89. The van der Waals surface area contributed by atoms with E-state index in [0.717, 1.165) is 5.69 Å². The highest BCUT2D eigenvalue weighted by Crippen LogP contribution is 2.32. The number of anilines is 1. The number of aryl methyl sites for hydroxylation is 1. The zero-order valence-electron chi connectivity index (χ0n) is 11.0. The van der Waals surface area contributed by atoms with Gasteiger partial charge in [-0.1, -0.05) is 0 Å². The summed E-state index contributed by atoms with van der Waals surface area (Å²) >= 11 is 1.29. The van der Waals surface area contributed by atoms with Crippen LogP contribution < -0.4 is 10.5 Å². The predicted octanol–water partition coefficient (Wildman–Crippen LogP) is 2.10. The van der Waals surface area contributed by atoms with Gasteiger partial charge in [0.25, 0.3) is 0 Å². The maximum absolute atomic E-state index is 5.99. The lowest BCUT2D eigenvalue weighted by Crippen LogP contribution is -2.10. The van der Waals surface area contributed by atoms with Crippen molar-refractivity contribution in [2.75, 3.05) is 5.73 Å². The zero-order chi connectivity index (χ0) is 13.8. The van der Waals surface area contributed by atoms with Crippen molar-refractivity contribution in [2.45, 2.75) is 37.1 Å². The number of nitrogen functional groups attached to an aromatic ring is 1. The normalized spacial score (nSPS) is 10.7. The maximum Gasteiger partial charge on any atom is 0.241 e. The molecular weight excluding hydrogens is 262 g/mol. The standard InChI is InChI=1S/C12H15N5OS/c1-7(2)18-10-9(13)11(16-6-15-10)19-12-14-5-4-8(3)17-12/h4-7H,13H2,1-3H3.